The van der Waals surface area contributed by atoms with Gasteiger partial charge in [-0.2, -0.15) is 0 Å². The van der Waals surface area contributed by atoms with Crippen molar-refractivity contribution in [2.45, 2.75) is 43.7 Å². The summed E-state index contributed by atoms with van der Waals surface area (Å²) in [7, 11) is 1.13. The van der Waals surface area contributed by atoms with Crippen molar-refractivity contribution in [3.05, 3.63) is 60.3 Å². The largest absolute Gasteiger partial charge is 0.468 e. The van der Waals surface area contributed by atoms with Gasteiger partial charge in [0.25, 0.3) is 10.8 Å². The monoisotopic (exact) mass is 539 g/mol. The highest BCUT2D eigenvalue weighted by Gasteiger charge is 2.65. The zero-order chi connectivity index (χ0) is 27.2. The molecule has 1 aromatic rings. The first-order valence-corrected chi connectivity index (χ1v) is 11.4. The molecule has 15 heteroatoms. The number of ether oxygens (including phenoxy) is 3. The lowest BCUT2D eigenvalue weighted by atomic mass is 9.71. The first kappa shape index (κ1) is 26.6. The molecule has 1 aromatic carbocycles. The molecule has 2 fully saturated rings. The molecule has 0 aromatic heterocycles. The fourth-order valence-electron chi connectivity index (χ4n) is 5.16. The molecule has 6 atom stereocenters. The molecular weight excluding hydrogens is 518 g/mol. The number of aliphatic hydroxyl groups is 1. The van der Waals surface area contributed by atoms with Gasteiger partial charge in [-0.15, -0.1) is 10.1 Å². The normalized spacial score (nSPS) is 30.9. The van der Waals surface area contributed by atoms with Gasteiger partial charge in [-0.3, -0.25) is 29.5 Å². The van der Waals surface area contributed by atoms with E-state index in [9.17, 15) is 34.9 Å². The summed E-state index contributed by atoms with van der Waals surface area (Å²) in [5, 5.41) is 31.9. The minimum atomic E-state index is -2.33. The van der Waals surface area contributed by atoms with E-state index >= 15 is 0 Å². The van der Waals surface area contributed by atoms with Crippen LogP contribution in [0.1, 0.15) is 25.3 Å². The van der Waals surface area contributed by atoms with Crippen LogP contribution in [0.15, 0.2) is 34.5 Å². The summed E-state index contributed by atoms with van der Waals surface area (Å²) in [5.41, 5.74) is -2.51. The number of halogens is 1. The number of fused-ring (bicyclic) bond motifs is 1. The van der Waals surface area contributed by atoms with Gasteiger partial charge < -0.3 is 19.3 Å². The van der Waals surface area contributed by atoms with Gasteiger partial charge in [0.15, 0.2) is 5.78 Å². The fraction of sp³-hybridized carbons (Fsp3) is 0.500. The van der Waals surface area contributed by atoms with Gasteiger partial charge in [0.1, 0.15) is 29.3 Å². The predicted octanol–water partition coefficient (Wildman–Crippen LogP) is 1.54. The number of carbonyl (C=O) groups is 2. The van der Waals surface area contributed by atoms with Gasteiger partial charge in [-0.05, 0) is 25.5 Å². The van der Waals surface area contributed by atoms with Crippen molar-refractivity contribution in [2.75, 3.05) is 20.3 Å². The zero-order valence-corrected chi connectivity index (χ0v) is 20.5. The summed E-state index contributed by atoms with van der Waals surface area (Å²) < 4.78 is 15.9. The molecule has 0 radical (unpaired) electrons. The Morgan fingerprint density at radius 1 is 1.24 bits per heavy atom. The molecule has 0 saturated carbocycles. The quantitative estimate of drug-likeness (QED) is 0.300. The Balaban J connectivity index is 1.93. The number of aliphatic hydroxyl groups excluding tert-OH is 1. The Hall–Kier alpha value is -3.46. The third kappa shape index (κ3) is 4.35. The van der Waals surface area contributed by atoms with Crippen LogP contribution >= 0.6 is 11.6 Å². The lowest BCUT2D eigenvalue weighted by Crippen LogP contribution is -2.56. The van der Waals surface area contributed by atoms with Crippen LogP contribution in [0.3, 0.4) is 0 Å². The maximum absolute atomic E-state index is 14.2. The molecule has 0 amide bonds. The lowest BCUT2D eigenvalue weighted by molar-refractivity contribution is -0.777. The van der Waals surface area contributed by atoms with E-state index in [0.717, 1.165) is 13.2 Å². The van der Waals surface area contributed by atoms with E-state index in [1.54, 1.807) is 0 Å². The molecule has 0 spiro atoms. The van der Waals surface area contributed by atoms with Crippen LogP contribution in [-0.4, -0.2) is 76.8 Å². The second kappa shape index (κ2) is 9.78. The number of aliphatic imine (C=N–C) groups is 1. The van der Waals surface area contributed by atoms with E-state index < -0.39 is 69.8 Å². The van der Waals surface area contributed by atoms with Gasteiger partial charge >= 0.3 is 5.97 Å². The Bertz CT molecular complexity index is 1250. The molecule has 4 rings (SSSR count). The maximum Gasteiger partial charge on any atom is 0.315 e. The number of benzene rings is 1. The molecule has 2 saturated heterocycles. The highest BCUT2D eigenvalue weighted by Crippen LogP contribution is 2.47. The number of allylic oxidation sites excluding steroid dienone is 1. The van der Waals surface area contributed by atoms with Gasteiger partial charge in [0.2, 0.25) is 5.60 Å². The fourth-order valence-corrected chi connectivity index (χ4v) is 5.34. The first-order chi connectivity index (χ1) is 17.4. The van der Waals surface area contributed by atoms with Crippen molar-refractivity contribution in [1.29, 1.82) is 0 Å². The molecule has 3 aliphatic rings. The number of Topliss-reactive ketones (excluding diaryl/α,β-unsaturated/α-hetero) is 1. The van der Waals surface area contributed by atoms with Crippen LogP contribution in [-0.2, 0) is 28.6 Å². The number of hydrogen-bond acceptors (Lipinski definition) is 12. The number of carbonyl (C=O) groups excluding carboxylic acids is 2. The summed E-state index contributed by atoms with van der Waals surface area (Å²) in [6.07, 6.45) is -3.58. The number of nitrogens with zero attached hydrogens (tertiary/aromatic N) is 3. The third-order valence-corrected chi connectivity index (χ3v) is 7.07. The average Bonchev–Trinajstić information content (AvgIpc) is 3.38. The molecule has 2 unspecified atom stereocenters. The standard InChI is InChI=1S/C22H22ClN3O11/c1-9-15(19(28)22(37-26(32)33)8-36-18-14(27)7-35-20(18)22)17(16(10(2)24-9)21(29)34-3)11-4-5-12(23)13(6-11)25(30)31/h4-6,14,16-18,20,27H,7-8H2,1-3H3/t14-,16?,17?,18-,20+,22-/m1/s1. The van der Waals surface area contributed by atoms with Gasteiger partial charge in [-0.1, -0.05) is 17.7 Å². The Labute approximate surface area is 214 Å². The number of rotatable bonds is 7. The van der Waals surface area contributed by atoms with Crippen LogP contribution < -0.4 is 0 Å². The Morgan fingerprint density at radius 3 is 2.57 bits per heavy atom. The smallest absolute Gasteiger partial charge is 0.315 e. The number of methoxy groups -OCH3 is 1. The summed E-state index contributed by atoms with van der Waals surface area (Å²) in [5.74, 6) is -4.20. The second-order valence-electron chi connectivity index (χ2n) is 8.83. The molecule has 0 bridgehead atoms. The lowest BCUT2D eigenvalue weighted by Gasteiger charge is -2.36. The van der Waals surface area contributed by atoms with Gasteiger partial charge in [-0.25, -0.2) is 0 Å². The Kier molecular flexibility index (Phi) is 7.03. The van der Waals surface area contributed by atoms with Crippen LogP contribution in [0.2, 0.25) is 5.02 Å². The van der Waals surface area contributed by atoms with Crippen molar-refractivity contribution in [2.24, 2.45) is 10.9 Å². The number of ketones is 1. The molecule has 3 aliphatic heterocycles. The highest BCUT2D eigenvalue weighted by atomic mass is 35.5. The number of nitro groups is 1. The molecule has 3 heterocycles. The summed E-state index contributed by atoms with van der Waals surface area (Å²) >= 11 is 5.98. The number of hydrogen-bond donors (Lipinski definition) is 1. The van der Waals surface area contributed by atoms with E-state index in [1.807, 2.05) is 0 Å². The van der Waals surface area contributed by atoms with Gasteiger partial charge in [0.05, 0.1) is 25.2 Å². The van der Waals surface area contributed by atoms with Crippen LogP contribution in [0.25, 0.3) is 0 Å². The molecular formula is C22H22ClN3O11. The summed E-state index contributed by atoms with van der Waals surface area (Å²) in [6.45, 7) is 2.10. The minimum Gasteiger partial charge on any atom is -0.468 e. The molecule has 0 aliphatic carbocycles. The Morgan fingerprint density at radius 2 is 1.95 bits per heavy atom. The first-order valence-electron chi connectivity index (χ1n) is 11.0. The van der Waals surface area contributed by atoms with Crippen LogP contribution in [0, 0.1) is 26.1 Å². The second-order valence-corrected chi connectivity index (χ2v) is 9.24. The van der Waals surface area contributed by atoms with E-state index in [2.05, 4.69) is 4.99 Å². The van der Waals surface area contributed by atoms with Crippen molar-refractivity contribution in [1.82, 2.24) is 0 Å². The maximum atomic E-state index is 14.2. The van der Waals surface area contributed by atoms with E-state index in [0.29, 0.717) is 0 Å². The predicted molar refractivity (Wildman–Crippen MR) is 123 cm³/mol. The summed E-state index contributed by atoms with van der Waals surface area (Å²) in [6, 6.07) is 3.77. The summed E-state index contributed by atoms with van der Waals surface area (Å²) in [4.78, 5) is 58.8. The van der Waals surface area contributed by atoms with E-state index in [1.165, 1.54) is 26.0 Å². The van der Waals surface area contributed by atoms with Gasteiger partial charge in [0, 0.05) is 29.0 Å². The average molecular weight is 540 g/mol. The van der Waals surface area contributed by atoms with Crippen molar-refractivity contribution < 1.29 is 43.8 Å². The molecule has 37 heavy (non-hydrogen) atoms. The SMILES string of the molecule is COC(=O)C1C(C)=NC(C)=C(C(=O)[C@]2(O[N+](=O)[O-])CO[C@@H]3[C@H](O)CO[C@@H]32)C1c1ccc(Cl)c([N+](=O)[O-])c1. The third-order valence-electron chi connectivity index (χ3n) is 6.75. The van der Waals surface area contributed by atoms with Crippen LogP contribution in [0.5, 0.6) is 0 Å². The molecule has 14 nitrogen and oxygen atoms in total. The minimum absolute atomic E-state index is 0.0959. The molecule has 1 N–H and O–H groups in total. The highest BCUT2D eigenvalue weighted by molar-refractivity contribution is 6.32. The van der Waals surface area contributed by atoms with Crippen LogP contribution in [0.4, 0.5) is 5.69 Å². The number of nitro benzene ring substituents is 1. The number of esters is 1. The van der Waals surface area contributed by atoms with E-state index in [4.69, 9.17) is 30.6 Å². The van der Waals surface area contributed by atoms with Crippen molar-refractivity contribution in [3.8, 4) is 0 Å². The van der Waals surface area contributed by atoms with Crippen molar-refractivity contribution in [3.63, 3.8) is 0 Å². The topological polar surface area (TPSA) is 190 Å². The van der Waals surface area contributed by atoms with E-state index in [-0.39, 0.29) is 34.2 Å². The van der Waals surface area contributed by atoms with Crippen molar-refractivity contribution >= 4 is 34.8 Å². The zero-order valence-electron chi connectivity index (χ0n) is 19.8. The molecule has 198 valence electrons.